The molecular formula is C17H15ClF3NO2. The molecule has 7 heteroatoms. The number of rotatable bonds is 4. The van der Waals surface area contributed by atoms with Crippen molar-refractivity contribution in [3.63, 3.8) is 0 Å². The van der Waals surface area contributed by atoms with E-state index in [1.54, 1.807) is 25.1 Å². The van der Waals surface area contributed by atoms with E-state index >= 15 is 0 Å². The van der Waals surface area contributed by atoms with Gasteiger partial charge in [0.05, 0.1) is 5.56 Å². The smallest absolute Gasteiger partial charge is 0.416 e. The van der Waals surface area contributed by atoms with Crippen LogP contribution in [-0.2, 0) is 11.0 Å². The van der Waals surface area contributed by atoms with Gasteiger partial charge in [-0.25, -0.2) is 0 Å². The van der Waals surface area contributed by atoms with Crippen molar-refractivity contribution in [1.29, 1.82) is 0 Å². The van der Waals surface area contributed by atoms with E-state index in [4.69, 9.17) is 16.3 Å². The number of alkyl halides is 3. The molecule has 0 radical (unpaired) electrons. The number of carbonyl (C=O) groups excluding carboxylic acids is 1. The average molecular weight is 358 g/mol. The second-order valence-corrected chi connectivity index (χ2v) is 5.64. The molecule has 1 N–H and O–H groups in total. The fraction of sp³-hybridized carbons (Fsp3) is 0.235. The molecule has 0 heterocycles. The predicted molar refractivity (Wildman–Crippen MR) is 86.4 cm³/mol. The molecule has 0 aliphatic carbocycles. The predicted octanol–water partition coefficient (Wildman–Crippen LogP) is 5.07. The fourth-order valence-corrected chi connectivity index (χ4v) is 2.05. The standard InChI is InChI=1S/C17H15ClF3NO2/c1-10-9-14(7-8-15(10)18)24-11(2)16(23)22-13-5-3-12(4-6-13)17(19,20)21/h3-9,11H,1-2H3,(H,22,23)/t11-/m0/s1. The van der Waals surface area contributed by atoms with Crippen molar-refractivity contribution in [3.05, 3.63) is 58.6 Å². The van der Waals surface area contributed by atoms with Crippen molar-refractivity contribution >= 4 is 23.2 Å². The largest absolute Gasteiger partial charge is 0.481 e. The highest BCUT2D eigenvalue weighted by atomic mass is 35.5. The first-order chi connectivity index (χ1) is 11.2. The zero-order valence-electron chi connectivity index (χ0n) is 12.9. The van der Waals surface area contributed by atoms with Gasteiger partial charge in [0.1, 0.15) is 5.75 Å². The molecule has 0 spiro atoms. The van der Waals surface area contributed by atoms with Crippen molar-refractivity contribution in [1.82, 2.24) is 0 Å². The summed E-state index contributed by atoms with van der Waals surface area (Å²) in [7, 11) is 0. The number of halogens is 4. The van der Waals surface area contributed by atoms with Crippen LogP contribution >= 0.6 is 11.6 Å². The number of hydrogen-bond donors (Lipinski definition) is 1. The van der Waals surface area contributed by atoms with Gasteiger partial charge in [0.15, 0.2) is 6.10 Å². The number of aryl methyl sites for hydroxylation is 1. The first-order valence-electron chi connectivity index (χ1n) is 7.08. The number of amides is 1. The van der Waals surface area contributed by atoms with Crippen LogP contribution in [0.1, 0.15) is 18.1 Å². The lowest BCUT2D eigenvalue weighted by molar-refractivity contribution is -0.137. The van der Waals surface area contributed by atoms with Crippen LogP contribution in [0.3, 0.4) is 0 Å². The maximum atomic E-state index is 12.5. The Bertz CT molecular complexity index is 730. The molecule has 0 saturated heterocycles. The molecule has 0 aliphatic rings. The third-order valence-corrected chi connectivity index (χ3v) is 3.72. The fourth-order valence-electron chi connectivity index (χ4n) is 1.93. The number of anilines is 1. The van der Waals surface area contributed by atoms with Crippen LogP contribution < -0.4 is 10.1 Å². The normalized spacial score (nSPS) is 12.6. The van der Waals surface area contributed by atoms with Crippen molar-refractivity contribution in [2.75, 3.05) is 5.32 Å². The molecule has 0 aliphatic heterocycles. The molecule has 1 amide bonds. The summed E-state index contributed by atoms with van der Waals surface area (Å²) in [6.07, 6.45) is -5.24. The molecule has 128 valence electrons. The van der Waals surface area contributed by atoms with Crippen molar-refractivity contribution < 1.29 is 22.7 Å². The van der Waals surface area contributed by atoms with Crippen LogP contribution in [0.2, 0.25) is 5.02 Å². The third-order valence-electron chi connectivity index (χ3n) is 3.29. The maximum Gasteiger partial charge on any atom is 0.416 e. The topological polar surface area (TPSA) is 38.3 Å². The van der Waals surface area contributed by atoms with E-state index < -0.39 is 23.8 Å². The first-order valence-corrected chi connectivity index (χ1v) is 7.45. The zero-order chi connectivity index (χ0) is 17.9. The summed E-state index contributed by atoms with van der Waals surface area (Å²) in [5.74, 6) is 0.00864. The summed E-state index contributed by atoms with van der Waals surface area (Å²) in [6, 6.07) is 9.20. The molecule has 0 aromatic heterocycles. The minimum Gasteiger partial charge on any atom is -0.481 e. The lowest BCUT2D eigenvalue weighted by Gasteiger charge is -2.15. The third kappa shape index (κ3) is 4.64. The van der Waals surface area contributed by atoms with E-state index in [0.29, 0.717) is 10.8 Å². The number of benzene rings is 2. The summed E-state index contributed by atoms with van der Waals surface area (Å²) < 4.78 is 43.0. The zero-order valence-corrected chi connectivity index (χ0v) is 13.7. The number of nitrogens with one attached hydrogen (secondary N) is 1. The number of carbonyl (C=O) groups is 1. The summed E-state index contributed by atoms with van der Waals surface area (Å²) in [6.45, 7) is 3.35. The molecule has 3 nitrogen and oxygen atoms in total. The van der Waals surface area contributed by atoms with Gasteiger partial charge in [-0.2, -0.15) is 13.2 Å². The minimum atomic E-state index is -4.41. The lowest BCUT2D eigenvalue weighted by atomic mass is 10.2. The van der Waals surface area contributed by atoms with E-state index in [2.05, 4.69) is 5.32 Å². The van der Waals surface area contributed by atoms with Crippen molar-refractivity contribution in [2.24, 2.45) is 0 Å². The van der Waals surface area contributed by atoms with Gasteiger partial charge in [0.2, 0.25) is 0 Å². The Balaban J connectivity index is 1.99. The van der Waals surface area contributed by atoms with Gasteiger partial charge in [0, 0.05) is 10.7 Å². The molecule has 0 bridgehead atoms. The summed E-state index contributed by atoms with van der Waals surface area (Å²) in [5, 5.41) is 3.10. The Hall–Kier alpha value is -2.21. The molecule has 1 atom stereocenters. The molecule has 0 fully saturated rings. The Morgan fingerprint density at radius 1 is 1.17 bits per heavy atom. The van der Waals surface area contributed by atoms with Gasteiger partial charge in [-0.1, -0.05) is 11.6 Å². The van der Waals surface area contributed by atoms with Crippen LogP contribution in [0.4, 0.5) is 18.9 Å². The minimum absolute atomic E-state index is 0.260. The summed E-state index contributed by atoms with van der Waals surface area (Å²) >= 11 is 5.92. The molecule has 24 heavy (non-hydrogen) atoms. The Labute approximate surface area is 142 Å². The van der Waals surface area contributed by atoms with E-state index in [0.717, 1.165) is 17.7 Å². The van der Waals surface area contributed by atoms with E-state index in [1.165, 1.54) is 12.1 Å². The van der Waals surface area contributed by atoms with Crippen LogP contribution in [0, 0.1) is 6.92 Å². The van der Waals surface area contributed by atoms with Crippen LogP contribution in [0.5, 0.6) is 5.75 Å². The quantitative estimate of drug-likeness (QED) is 0.829. The van der Waals surface area contributed by atoms with Gasteiger partial charge < -0.3 is 10.1 Å². The molecule has 2 rings (SSSR count). The van der Waals surface area contributed by atoms with Crippen LogP contribution in [0.25, 0.3) is 0 Å². The van der Waals surface area contributed by atoms with E-state index in [1.807, 2.05) is 6.92 Å². The maximum absolute atomic E-state index is 12.5. The lowest BCUT2D eigenvalue weighted by Crippen LogP contribution is -2.30. The highest BCUT2D eigenvalue weighted by Gasteiger charge is 2.30. The monoisotopic (exact) mass is 357 g/mol. The Kier molecular flexibility index (Phi) is 5.39. The van der Waals surface area contributed by atoms with E-state index in [9.17, 15) is 18.0 Å². The second kappa shape index (κ2) is 7.13. The number of hydrogen-bond acceptors (Lipinski definition) is 2. The highest BCUT2D eigenvalue weighted by Crippen LogP contribution is 2.30. The van der Waals surface area contributed by atoms with Crippen LogP contribution in [-0.4, -0.2) is 12.0 Å². The van der Waals surface area contributed by atoms with Gasteiger partial charge in [-0.15, -0.1) is 0 Å². The van der Waals surface area contributed by atoms with Gasteiger partial charge >= 0.3 is 6.18 Å². The van der Waals surface area contributed by atoms with Crippen molar-refractivity contribution in [3.8, 4) is 5.75 Å². The summed E-state index contributed by atoms with van der Waals surface area (Å²) in [5.41, 5.74) is 0.293. The average Bonchev–Trinajstić information content (AvgIpc) is 2.50. The molecule has 2 aromatic carbocycles. The molecular weight excluding hydrogens is 343 g/mol. The van der Waals surface area contributed by atoms with E-state index in [-0.39, 0.29) is 5.69 Å². The molecule has 0 saturated carbocycles. The number of ether oxygens (including phenoxy) is 1. The first kappa shape index (κ1) is 18.1. The highest BCUT2D eigenvalue weighted by molar-refractivity contribution is 6.31. The Morgan fingerprint density at radius 3 is 2.33 bits per heavy atom. The second-order valence-electron chi connectivity index (χ2n) is 5.24. The SMILES string of the molecule is Cc1cc(O[C@@H](C)C(=O)Nc2ccc(C(F)(F)F)cc2)ccc1Cl. The van der Waals surface area contributed by atoms with Crippen molar-refractivity contribution in [2.45, 2.75) is 26.1 Å². The molecule has 2 aromatic rings. The summed E-state index contributed by atoms with van der Waals surface area (Å²) in [4.78, 5) is 12.1. The molecule has 0 unspecified atom stereocenters. The van der Waals surface area contributed by atoms with Gasteiger partial charge in [-0.3, -0.25) is 4.79 Å². The van der Waals surface area contributed by atoms with Gasteiger partial charge in [0.25, 0.3) is 5.91 Å². The van der Waals surface area contributed by atoms with Gasteiger partial charge in [-0.05, 0) is 61.9 Å². The Morgan fingerprint density at radius 2 is 1.79 bits per heavy atom. The van der Waals surface area contributed by atoms with Crippen LogP contribution in [0.15, 0.2) is 42.5 Å².